The number of amides is 1. The predicted octanol–water partition coefficient (Wildman–Crippen LogP) is 1.95. The third-order valence-electron chi connectivity index (χ3n) is 4.48. The second-order valence-corrected chi connectivity index (χ2v) is 8.10. The lowest BCUT2D eigenvalue weighted by atomic mass is 9.84. The van der Waals surface area contributed by atoms with Crippen LogP contribution in [0.4, 0.5) is 0 Å². The molecule has 1 atom stereocenters. The van der Waals surface area contributed by atoms with Crippen molar-refractivity contribution in [2.75, 3.05) is 37.8 Å². The molecule has 0 saturated carbocycles. The van der Waals surface area contributed by atoms with E-state index in [0.29, 0.717) is 32.2 Å². The molecular formula is C18H26N2O3S. The maximum atomic E-state index is 12.2. The van der Waals surface area contributed by atoms with E-state index < -0.39 is 0 Å². The fourth-order valence-electron chi connectivity index (χ4n) is 2.93. The Morgan fingerprint density at radius 3 is 2.88 bits per heavy atom. The molecule has 1 unspecified atom stereocenters. The van der Waals surface area contributed by atoms with Crippen LogP contribution in [0.15, 0.2) is 18.2 Å². The van der Waals surface area contributed by atoms with Crippen molar-refractivity contribution < 1.29 is 14.3 Å². The smallest absolute Gasteiger partial charge is 0.221 e. The summed E-state index contributed by atoms with van der Waals surface area (Å²) in [7, 11) is 0. The Labute approximate surface area is 147 Å². The standard InChI is InChI=1S/C18H26N2O3S/c1-18(2,12-20-17(21)10-14-11-24-8-5-19-14)13-3-4-15-16(9-13)23-7-6-22-15/h3-4,9,14,19H,5-8,10-12H2,1-2H3,(H,20,21). The zero-order chi connectivity index (χ0) is 17.0. The van der Waals surface area contributed by atoms with Gasteiger partial charge in [-0.05, 0) is 17.7 Å². The summed E-state index contributed by atoms with van der Waals surface area (Å²) in [5.41, 5.74) is 0.971. The molecule has 5 nitrogen and oxygen atoms in total. The van der Waals surface area contributed by atoms with Crippen molar-refractivity contribution in [1.29, 1.82) is 0 Å². The van der Waals surface area contributed by atoms with Gasteiger partial charge in [-0.3, -0.25) is 4.79 Å². The maximum absolute atomic E-state index is 12.2. The van der Waals surface area contributed by atoms with E-state index in [1.54, 1.807) is 0 Å². The molecule has 1 aromatic carbocycles. The van der Waals surface area contributed by atoms with Crippen molar-refractivity contribution in [2.24, 2.45) is 0 Å². The monoisotopic (exact) mass is 350 g/mol. The van der Waals surface area contributed by atoms with Crippen molar-refractivity contribution in [2.45, 2.75) is 31.7 Å². The maximum Gasteiger partial charge on any atom is 0.221 e. The number of carbonyl (C=O) groups excluding carboxylic acids is 1. The van der Waals surface area contributed by atoms with Crippen molar-refractivity contribution in [3.8, 4) is 11.5 Å². The fraction of sp³-hybridized carbons (Fsp3) is 0.611. The van der Waals surface area contributed by atoms with Gasteiger partial charge >= 0.3 is 0 Å². The zero-order valence-electron chi connectivity index (χ0n) is 14.4. The van der Waals surface area contributed by atoms with Crippen LogP contribution in [0.3, 0.4) is 0 Å². The second-order valence-electron chi connectivity index (χ2n) is 6.95. The summed E-state index contributed by atoms with van der Waals surface area (Å²) in [4.78, 5) is 12.2. The average Bonchev–Trinajstić information content (AvgIpc) is 2.60. The summed E-state index contributed by atoms with van der Waals surface area (Å²) >= 11 is 1.91. The number of carbonyl (C=O) groups is 1. The highest BCUT2D eigenvalue weighted by Gasteiger charge is 2.25. The number of fused-ring (bicyclic) bond motifs is 1. The normalized spacial score (nSPS) is 20.5. The first kappa shape index (κ1) is 17.4. The minimum atomic E-state index is -0.166. The number of hydrogen-bond acceptors (Lipinski definition) is 5. The van der Waals surface area contributed by atoms with Gasteiger partial charge in [0.2, 0.25) is 5.91 Å². The Morgan fingerprint density at radius 2 is 2.12 bits per heavy atom. The van der Waals surface area contributed by atoms with E-state index in [1.165, 1.54) is 0 Å². The first-order valence-corrected chi connectivity index (χ1v) is 9.68. The molecular weight excluding hydrogens is 324 g/mol. The molecule has 6 heteroatoms. The molecule has 1 fully saturated rings. The minimum Gasteiger partial charge on any atom is -0.486 e. The van der Waals surface area contributed by atoms with Crippen LogP contribution in [0.2, 0.25) is 0 Å². The largest absolute Gasteiger partial charge is 0.486 e. The van der Waals surface area contributed by atoms with Gasteiger partial charge in [0, 0.05) is 42.5 Å². The van der Waals surface area contributed by atoms with Crippen molar-refractivity contribution in [3.63, 3.8) is 0 Å². The Morgan fingerprint density at radius 1 is 1.33 bits per heavy atom. The predicted molar refractivity (Wildman–Crippen MR) is 97.2 cm³/mol. The van der Waals surface area contributed by atoms with Gasteiger partial charge in [0.1, 0.15) is 13.2 Å². The summed E-state index contributed by atoms with van der Waals surface area (Å²) in [5, 5.41) is 6.49. The first-order valence-electron chi connectivity index (χ1n) is 8.52. The average molecular weight is 350 g/mol. The number of rotatable bonds is 5. The number of ether oxygens (including phenoxy) is 2. The van der Waals surface area contributed by atoms with E-state index in [2.05, 4.69) is 30.5 Å². The lowest BCUT2D eigenvalue weighted by molar-refractivity contribution is -0.121. The molecule has 3 rings (SSSR count). The molecule has 2 heterocycles. The van der Waals surface area contributed by atoms with Crippen LogP contribution >= 0.6 is 11.8 Å². The minimum absolute atomic E-state index is 0.112. The third kappa shape index (κ3) is 4.36. The number of thioether (sulfide) groups is 1. The van der Waals surface area contributed by atoms with Crippen molar-refractivity contribution in [1.82, 2.24) is 10.6 Å². The van der Waals surface area contributed by atoms with Gasteiger partial charge < -0.3 is 20.1 Å². The molecule has 24 heavy (non-hydrogen) atoms. The Kier molecular flexibility index (Phi) is 5.56. The molecule has 1 amide bonds. The SMILES string of the molecule is CC(C)(CNC(=O)CC1CSCCN1)c1ccc2c(c1)OCCO2. The van der Waals surface area contributed by atoms with Gasteiger partial charge in [0.15, 0.2) is 11.5 Å². The summed E-state index contributed by atoms with van der Waals surface area (Å²) in [6.45, 7) is 7.04. The molecule has 1 saturated heterocycles. The van der Waals surface area contributed by atoms with Crippen molar-refractivity contribution in [3.05, 3.63) is 23.8 Å². The summed E-state index contributed by atoms with van der Waals surface area (Å²) in [5.74, 6) is 3.85. The van der Waals surface area contributed by atoms with E-state index in [0.717, 1.165) is 35.1 Å². The van der Waals surface area contributed by atoms with Crippen molar-refractivity contribution >= 4 is 17.7 Å². The van der Waals surface area contributed by atoms with Gasteiger partial charge in [0.25, 0.3) is 0 Å². The van der Waals surface area contributed by atoms with Crippen LogP contribution in [0.1, 0.15) is 25.8 Å². The number of nitrogens with one attached hydrogen (secondary N) is 2. The third-order valence-corrected chi connectivity index (χ3v) is 5.61. The molecule has 2 aliphatic heterocycles. The lowest BCUT2D eigenvalue weighted by Gasteiger charge is -2.28. The summed E-state index contributed by atoms with van der Waals surface area (Å²) in [6.07, 6.45) is 0.546. The molecule has 2 N–H and O–H groups in total. The molecule has 0 radical (unpaired) electrons. The molecule has 0 bridgehead atoms. The van der Waals surface area contributed by atoms with Gasteiger partial charge in [0.05, 0.1) is 0 Å². The highest BCUT2D eigenvalue weighted by Crippen LogP contribution is 2.34. The van der Waals surface area contributed by atoms with E-state index in [9.17, 15) is 4.79 Å². The van der Waals surface area contributed by atoms with Gasteiger partial charge in [-0.15, -0.1) is 0 Å². The van der Waals surface area contributed by atoms with Gasteiger partial charge in [-0.1, -0.05) is 19.9 Å². The van der Waals surface area contributed by atoms with Gasteiger partial charge in [-0.2, -0.15) is 11.8 Å². The van der Waals surface area contributed by atoms with Crippen LogP contribution in [0.5, 0.6) is 11.5 Å². The van der Waals surface area contributed by atoms with E-state index in [1.807, 2.05) is 23.9 Å². The first-order chi connectivity index (χ1) is 11.5. The van der Waals surface area contributed by atoms with Crippen LogP contribution < -0.4 is 20.1 Å². The molecule has 2 aliphatic rings. The van der Waals surface area contributed by atoms with Crippen LogP contribution in [-0.2, 0) is 10.2 Å². The number of benzene rings is 1. The zero-order valence-corrected chi connectivity index (χ0v) is 15.2. The fourth-order valence-corrected chi connectivity index (χ4v) is 3.88. The topological polar surface area (TPSA) is 59.6 Å². The van der Waals surface area contributed by atoms with Crippen LogP contribution in [-0.4, -0.2) is 49.8 Å². The quantitative estimate of drug-likeness (QED) is 0.850. The molecule has 132 valence electrons. The second kappa shape index (κ2) is 7.66. The van der Waals surface area contributed by atoms with E-state index in [-0.39, 0.29) is 11.3 Å². The summed E-state index contributed by atoms with van der Waals surface area (Å²) in [6, 6.07) is 6.33. The highest BCUT2D eigenvalue weighted by molar-refractivity contribution is 7.99. The van der Waals surface area contributed by atoms with E-state index >= 15 is 0 Å². The molecule has 0 spiro atoms. The highest BCUT2D eigenvalue weighted by atomic mass is 32.2. The Balaban J connectivity index is 1.56. The summed E-state index contributed by atoms with van der Waals surface area (Å²) < 4.78 is 11.2. The molecule has 0 aromatic heterocycles. The van der Waals surface area contributed by atoms with E-state index in [4.69, 9.17) is 9.47 Å². The number of hydrogen-bond donors (Lipinski definition) is 2. The molecule has 0 aliphatic carbocycles. The Bertz CT molecular complexity index is 586. The van der Waals surface area contributed by atoms with Gasteiger partial charge in [-0.25, -0.2) is 0 Å². The lowest BCUT2D eigenvalue weighted by Crippen LogP contribution is -2.43. The molecule has 1 aromatic rings. The van der Waals surface area contributed by atoms with Crippen LogP contribution in [0.25, 0.3) is 0 Å². The van der Waals surface area contributed by atoms with Crippen LogP contribution in [0, 0.1) is 0 Å². The Hall–Kier alpha value is -1.40.